The molecule has 0 saturated carbocycles. The summed E-state index contributed by atoms with van der Waals surface area (Å²) in [6.07, 6.45) is 3.19. The predicted molar refractivity (Wildman–Crippen MR) is 83.9 cm³/mol. The molecule has 3 saturated heterocycles. The fraction of sp³-hybridized carbons (Fsp3) is 0.562. The Labute approximate surface area is 131 Å². The summed E-state index contributed by atoms with van der Waals surface area (Å²) in [4.78, 5) is 15.1. The summed E-state index contributed by atoms with van der Waals surface area (Å²) < 4.78 is 6.04. The van der Waals surface area contributed by atoms with Crippen molar-refractivity contribution in [3.8, 4) is 0 Å². The van der Waals surface area contributed by atoms with Gasteiger partial charge >= 0.3 is 0 Å². The molecule has 3 fully saturated rings. The number of anilines is 1. The molecule has 0 aliphatic carbocycles. The number of rotatable bonds is 1. The molecule has 1 aromatic rings. The molecule has 3 atom stereocenters. The third kappa shape index (κ3) is 2.26. The molecule has 1 spiro atoms. The fourth-order valence-corrected chi connectivity index (χ4v) is 4.06. The zero-order chi connectivity index (χ0) is 13.6. The maximum atomic E-state index is 13.1. The smallest absolute Gasteiger partial charge is 0.235 e. The van der Waals surface area contributed by atoms with Crippen molar-refractivity contribution in [1.29, 1.82) is 0 Å². The van der Waals surface area contributed by atoms with Gasteiger partial charge in [0, 0.05) is 25.3 Å². The average Bonchev–Trinajstić information content (AvgIpc) is 2.74. The number of hydrogen-bond acceptors (Lipinski definition) is 3. The van der Waals surface area contributed by atoms with Crippen LogP contribution in [0.1, 0.15) is 19.3 Å². The zero-order valence-corrected chi connectivity index (χ0v) is 12.8. The van der Waals surface area contributed by atoms with Crippen LogP contribution in [0.15, 0.2) is 30.3 Å². The lowest BCUT2D eigenvalue weighted by Crippen LogP contribution is -2.54. The zero-order valence-electron chi connectivity index (χ0n) is 12.0. The van der Waals surface area contributed by atoms with Crippen LogP contribution >= 0.6 is 12.4 Å². The predicted octanol–water partition coefficient (Wildman–Crippen LogP) is 1.98. The van der Waals surface area contributed by atoms with Crippen molar-refractivity contribution in [2.45, 2.75) is 31.5 Å². The molecule has 3 unspecified atom stereocenters. The van der Waals surface area contributed by atoms with E-state index in [0.717, 1.165) is 44.6 Å². The van der Waals surface area contributed by atoms with Gasteiger partial charge in [-0.15, -0.1) is 12.4 Å². The van der Waals surface area contributed by atoms with Crippen molar-refractivity contribution in [1.82, 2.24) is 5.32 Å². The highest BCUT2D eigenvalue weighted by atomic mass is 35.5. The number of hydrogen-bond donors (Lipinski definition) is 1. The molecular formula is C16H21ClN2O2. The van der Waals surface area contributed by atoms with Crippen molar-refractivity contribution in [3.05, 3.63) is 30.3 Å². The number of morpholine rings is 1. The Morgan fingerprint density at radius 1 is 1.24 bits per heavy atom. The van der Waals surface area contributed by atoms with Gasteiger partial charge < -0.3 is 15.0 Å². The van der Waals surface area contributed by atoms with E-state index in [2.05, 4.69) is 5.32 Å². The second kappa shape index (κ2) is 5.59. The third-order valence-electron chi connectivity index (χ3n) is 5.01. The molecule has 0 aromatic heterocycles. The number of piperidine rings is 1. The minimum Gasteiger partial charge on any atom is -0.371 e. The van der Waals surface area contributed by atoms with Crippen molar-refractivity contribution < 1.29 is 9.53 Å². The van der Waals surface area contributed by atoms with Gasteiger partial charge in [-0.05, 0) is 31.4 Å². The topological polar surface area (TPSA) is 41.6 Å². The largest absolute Gasteiger partial charge is 0.371 e. The number of nitrogens with zero attached hydrogens (tertiary/aromatic N) is 1. The van der Waals surface area contributed by atoms with E-state index in [9.17, 15) is 4.79 Å². The van der Waals surface area contributed by atoms with Crippen molar-refractivity contribution >= 4 is 24.0 Å². The highest BCUT2D eigenvalue weighted by molar-refractivity contribution is 5.99. The Bertz CT molecular complexity index is 524. The molecule has 1 aromatic carbocycles. The molecule has 114 valence electrons. The van der Waals surface area contributed by atoms with Gasteiger partial charge in [0.25, 0.3) is 0 Å². The lowest BCUT2D eigenvalue weighted by molar-refractivity contribution is -0.134. The minimum absolute atomic E-state index is 0. The van der Waals surface area contributed by atoms with Crippen LogP contribution in [0.2, 0.25) is 0 Å². The summed E-state index contributed by atoms with van der Waals surface area (Å²) in [5.74, 6) is 0.270. The summed E-state index contributed by atoms with van der Waals surface area (Å²) >= 11 is 0. The molecule has 4 rings (SSSR count). The van der Waals surface area contributed by atoms with Gasteiger partial charge in [0.1, 0.15) is 0 Å². The van der Waals surface area contributed by atoms with E-state index in [4.69, 9.17) is 4.74 Å². The molecule has 4 nitrogen and oxygen atoms in total. The van der Waals surface area contributed by atoms with E-state index in [0.29, 0.717) is 0 Å². The van der Waals surface area contributed by atoms with Crippen LogP contribution in [0.5, 0.6) is 0 Å². The summed E-state index contributed by atoms with van der Waals surface area (Å²) in [6.45, 7) is 2.52. The lowest BCUT2D eigenvalue weighted by Gasteiger charge is -2.41. The van der Waals surface area contributed by atoms with Gasteiger partial charge in [0.05, 0.1) is 17.6 Å². The maximum Gasteiger partial charge on any atom is 0.235 e. The van der Waals surface area contributed by atoms with Crippen LogP contribution in [0, 0.1) is 5.41 Å². The highest BCUT2D eigenvalue weighted by Gasteiger charge is 2.57. The molecule has 1 N–H and O–H groups in total. The molecule has 3 aliphatic rings. The van der Waals surface area contributed by atoms with Gasteiger partial charge in [-0.3, -0.25) is 4.79 Å². The lowest BCUT2D eigenvalue weighted by atomic mass is 9.73. The number of carbonyl (C=O) groups excluding carboxylic acids is 1. The van der Waals surface area contributed by atoms with Gasteiger partial charge in [-0.25, -0.2) is 0 Å². The first-order chi connectivity index (χ1) is 9.79. The number of halogens is 1. The third-order valence-corrected chi connectivity index (χ3v) is 5.01. The highest BCUT2D eigenvalue weighted by Crippen LogP contribution is 2.47. The Hall–Kier alpha value is -1.10. The molecule has 2 bridgehead atoms. The molecule has 0 radical (unpaired) electrons. The second-order valence-electron chi connectivity index (χ2n) is 6.16. The monoisotopic (exact) mass is 308 g/mol. The second-order valence-corrected chi connectivity index (χ2v) is 6.16. The molecule has 21 heavy (non-hydrogen) atoms. The first-order valence-electron chi connectivity index (χ1n) is 7.53. The van der Waals surface area contributed by atoms with Gasteiger partial charge in [-0.2, -0.15) is 0 Å². The summed E-state index contributed by atoms with van der Waals surface area (Å²) in [5, 5.41) is 3.40. The molecular weight excluding hydrogens is 288 g/mol. The minimum atomic E-state index is -0.289. The Balaban J connectivity index is 0.00000132. The van der Waals surface area contributed by atoms with Crippen LogP contribution in [-0.2, 0) is 9.53 Å². The van der Waals surface area contributed by atoms with Crippen molar-refractivity contribution in [2.75, 3.05) is 24.5 Å². The summed E-state index contributed by atoms with van der Waals surface area (Å²) in [5.41, 5.74) is 0.730. The van der Waals surface area contributed by atoms with Gasteiger partial charge in [-0.1, -0.05) is 18.2 Å². The number of benzene rings is 1. The summed E-state index contributed by atoms with van der Waals surface area (Å²) in [6, 6.07) is 10.0. The van der Waals surface area contributed by atoms with E-state index in [1.165, 1.54) is 0 Å². The molecule has 5 heteroatoms. The average molecular weight is 309 g/mol. The Kier molecular flexibility index (Phi) is 3.95. The Morgan fingerprint density at radius 2 is 2.05 bits per heavy atom. The Morgan fingerprint density at radius 3 is 2.81 bits per heavy atom. The number of nitrogens with one attached hydrogen (secondary N) is 1. The number of carbonyl (C=O) groups is 1. The first kappa shape index (κ1) is 14.8. The maximum absolute atomic E-state index is 13.1. The van der Waals surface area contributed by atoms with Crippen molar-refractivity contribution in [3.63, 3.8) is 0 Å². The van der Waals surface area contributed by atoms with Crippen LogP contribution in [0.25, 0.3) is 0 Å². The molecule has 1 amide bonds. The van der Waals surface area contributed by atoms with Gasteiger partial charge in [0.15, 0.2) is 0 Å². The van der Waals surface area contributed by atoms with Crippen LogP contribution < -0.4 is 10.2 Å². The van der Waals surface area contributed by atoms with E-state index in [1.54, 1.807) is 0 Å². The quantitative estimate of drug-likeness (QED) is 0.862. The molecule has 3 aliphatic heterocycles. The van der Waals surface area contributed by atoms with Crippen LogP contribution in [0.3, 0.4) is 0 Å². The number of amides is 1. The normalized spacial score (nSPS) is 34.9. The standard InChI is InChI=1S/C16H20N2O2.ClH/c19-15-16(9-13-10-17-11-14(16)20-13)7-4-8-18(15)12-5-2-1-3-6-12;/h1-3,5-6,13-14,17H,4,7-11H2;1H. The van der Waals surface area contributed by atoms with E-state index < -0.39 is 0 Å². The van der Waals surface area contributed by atoms with E-state index >= 15 is 0 Å². The van der Waals surface area contributed by atoms with Crippen LogP contribution in [0.4, 0.5) is 5.69 Å². The number of fused-ring (bicyclic) bond motifs is 3. The molecule has 3 heterocycles. The SMILES string of the molecule is Cl.O=C1N(c2ccccc2)CCCC12CC1CNCC2O1. The van der Waals surface area contributed by atoms with E-state index in [-0.39, 0.29) is 35.9 Å². The van der Waals surface area contributed by atoms with Gasteiger partial charge in [0.2, 0.25) is 5.91 Å². The number of ether oxygens (including phenoxy) is 1. The fourth-order valence-electron chi connectivity index (χ4n) is 4.06. The van der Waals surface area contributed by atoms with Crippen LogP contribution in [-0.4, -0.2) is 37.7 Å². The van der Waals surface area contributed by atoms with E-state index in [1.807, 2.05) is 35.2 Å². The summed E-state index contributed by atoms with van der Waals surface area (Å²) in [7, 11) is 0. The first-order valence-corrected chi connectivity index (χ1v) is 7.53. The van der Waals surface area contributed by atoms with Crippen molar-refractivity contribution in [2.24, 2.45) is 5.41 Å². The number of para-hydroxylation sites is 1.